The van der Waals surface area contributed by atoms with Gasteiger partial charge in [0.05, 0.1) is 12.0 Å². The summed E-state index contributed by atoms with van der Waals surface area (Å²) in [5.41, 5.74) is 2.02. The fraction of sp³-hybridized carbons (Fsp3) is 0.429. The molecule has 114 valence electrons. The van der Waals surface area contributed by atoms with Gasteiger partial charge >= 0.3 is 0 Å². The quantitative estimate of drug-likeness (QED) is 0.687. The van der Waals surface area contributed by atoms with Crippen molar-refractivity contribution in [3.63, 3.8) is 0 Å². The van der Waals surface area contributed by atoms with Crippen molar-refractivity contribution < 1.29 is 0 Å². The van der Waals surface area contributed by atoms with E-state index in [0.29, 0.717) is 0 Å². The maximum absolute atomic E-state index is 4.56. The second-order valence-corrected chi connectivity index (χ2v) is 5.58. The Morgan fingerprint density at radius 1 is 1.09 bits per heavy atom. The zero-order valence-electron chi connectivity index (χ0n) is 12.5. The molecule has 0 atom stereocenters. The van der Waals surface area contributed by atoms with Crippen LogP contribution in [0.3, 0.4) is 0 Å². The number of hydrogen-bond donors (Lipinski definition) is 0. The Kier molecular flexibility index (Phi) is 3.23. The van der Waals surface area contributed by atoms with Crippen molar-refractivity contribution in [2.75, 3.05) is 31.1 Å². The number of fused-ring (bicyclic) bond motifs is 1. The van der Waals surface area contributed by atoms with E-state index in [9.17, 15) is 0 Å². The number of aromatic nitrogens is 6. The molecule has 4 rings (SSSR count). The monoisotopic (exact) mass is 298 g/mol. The largest absolute Gasteiger partial charge is 0.353 e. The van der Waals surface area contributed by atoms with E-state index in [1.807, 2.05) is 31.7 Å². The molecule has 1 aliphatic rings. The van der Waals surface area contributed by atoms with Crippen molar-refractivity contribution in [3.8, 4) is 0 Å². The summed E-state index contributed by atoms with van der Waals surface area (Å²) in [4.78, 5) is 8.93. The molecule has 1 saturated heterocycles. The van der Waals surface area contributed by atoms with Crippen LogP contribution in [0.2, 0.25) is 0 Å². The van der Waals surface area contributed by atoms with Crippen molar-refractivity contribution in [2.45, 2.75) is 6.54 Å². The third kappa shape index (κ3) is 2.41. The van der Waals surface area contributed by atoms with Gasteiger partial charge in [0, 0.05) is 46.0 Å². The van der Waals surface area contributed by atoms with Gasteiger partial charge in [-0.15, -0.1) is 15.3 Å². The number of imidazole rings is 1. The van der Waals surface area contributed by atoms with Crippen LogP contribution in [0, 0.1) is 0 Å². The van der Waals surface area contributed by atoms with Gasteiger partial charge in [-0.1, -0.05) is 0 Å². The molecule has 0 aromatic carbocycles. The van der Waals surface area contributed by atoms with E-state index < -0.39 is 0 Å². The van der Waals surface area contributed by atoms with Gasteiger partial charge in [-0.2, -0.15) is 4.52 Å². The SMILES string of the molecule is Cn1cncc1CN1CCN(c2ccc3nncn3n2)CC1. The summed E-state index contributed by atoms with van der Waals surface area (Å²) in [5.74, 6) is 0.979. The second kappa shape index (κ2) is 5.38. The minimum Gasteiger partial charge on any atom is -0.353 e. The molecule has 0 unspecified atom stereocenters. The minimum atomic E-state index is 0.776. The molecule has 0 amide bonds. The van der Waals surface area contributed by atoms with Crippen molar-refractivity contribution in [1.82, 2.24) is 34.3 Å². The predicted octanol–water partition coefficient (Wildman–Crippen LogP) is 0.180. The van der Waals surface area contributed by atoms with Crippen LogP contribution in [0.5, 0.6) is 0 Å². The van der Waals surface area contributed by atoms with E-state index in [1.165, 1.54) is 5.69 Å². The first-order valence-electron chi connectivity index (χ1n) is 7.39. The maximum Gasteiger partial charge on any atom is 0.177 e. The van der Waals surface area contributed by atoms with E-state index in [-0.39, 0.29) is 0 Å². The number of anilines is 1. The Bertz CT molecular complexity index is 768. The fourth-order valence-corrected chi connectivity index (χ4v) is 2.79. The summed E-state index contributed by atoms with van der Waals surface area (Å²) in [7, 11) is 2.04. The molecule has 0 spiro atoms. The highest BCUT2D eigenvalue weighted by molar-refractivity contribution is 5.45. The number of hydrogen-bond acceptors (Lipinski definition) is 6. The zero-order valence-corrected chi connectivity index (χ0v) is 12.5. The molecule has 3 aromatic heterocycles. The summed E-state index contributed by atoms with van der Waals surface area (Å²) in [6.07, 6.45) is 5.43. The number of nitrogens with zero attached hydrogens (tertiary/aromatic N) is 8. The van der Waals surface area contributed by atoms with Crippen LogP contribution in [0.4, 0.5) is 5.82 Å². The summed E-state index contributed by atoms with van der Waals surface area (Å²) >= 11 is 0. The van der Waals surface area contributed by atoms with Gasteiger partial charge in [0.1, 0.15) is 12.1 Å². The summed E-state index contributed by atoms with van der Waals surface area (Å²) in [6.45, 7) is 4.93. The van der Waals surface area contributed by atoms with E-state index in [1.54, 1.807) is 10.8 Å². The van der Waals surface area contributed by atoms with Crippen molar-refractivity contribution in [1.29, 1.82) is 0 Å². The molecule has 4 heterocycles. The highest BCUT2D eigenvalue weighted by Crippen LogP contribution is 2.15. The lowest BCUT2D eigenvalue weighted by atomic mass is 10.3. The van der Waals surface area contributed by atoms with Crippen LogP contribution in [0.1, 0.15) is 5.69 Å². The van der Waals surface area contributed by atoms with Crippen LogP contribution < -0.4 is 4.90 Å². The van der Waals surface area contributed by atoms with Crippen LogP contribution in [0.15, 0.2) is 31.0 Å². The number of rotatable bonds is 3. The Morgan fingerprint density at radius 3 is 2.73 bits per heavy atom. The summed E-state index contributed by atoms with van der Waals surface area (Å²) < 4.78 is 3.80. The molecule has 22 heavy (non-hydrogen) atoms. The first-order chi connectivity index (χ1) is 10.8. The van der Waals surface area contributed by atoms with Gasteiger partial charge in [-0.05, 0) is 12.1 Å². The highest BCUT2D eigenvalue weighted by Gasteiger charge is 2.19. The van der Waals surface area contributed by atoms with E-state index >= 15 is 0 Å². The van der Waals surface area contributed by atoms with Gasteiger partial charge in [0.2, 0.25) is 0 Å². The van der Waals surface area contributed by atoms with Gasteiger partial charge in [-0.3, -0.25) is 4.90 Å². The van der Waals surface area contributed by atoms with Crippen molar-refractivity contribution in [2.24, 2.45) is 7.05 Å². The lowest BCUT2D eigenvalue weighted by Crippen LogP contribution is -2.46. The third-order valence-corrected chi connectivity index (χ3v) is 4.15. The molecule has 0 aliphatic carbocycles. The van der Waals surface area contributed by atoms with E-state index in [2.05, 4.69) is 34.6 Å². The molecule has 0 bridgehead atoms. The average molecular weight is 298 g/mol. The predicted molar refractivity (Wildman–Crippen MR) is 81.5 cm³/mol. The summed E-state index contributed by atoms with van der Waals surface area (Å²) in [5, 5.41) is 12.4. The lowest BCUT2D eigenvalue weighted by Gasteiger charge is -2.35. The molecule has 0 N–H and O–H groups in total. The molecular formula is C14H18N8. The fourth-order valence-electron chi connectivity index (χ4n) is 2.79. The van der Waals surface area contributed by atoms with Crippen molar-refractivity contribution in [3.05, 3.63) is 36.7 Å². The molecule has 8 nitrogen and oxygen atoms in total. The number of aryl methyl sites for hydroxylation is 1. The number of piperazine rings is 1. The average Bonchev–Trinajstić information content (AvgIpc) is 3.17. The maximum atomic E-state index is 4.56. The molecular weight excluding hydrogens is 280 g/mol. The molecule has 1 fully saturated rings. The standard InChI is InChI=1S/C14H18N8/c1-19-10-15-8-12(19)9-20-4-6-21(7-5-20)14-3-2-13-17-16-11-22(13)18-14/h2-3,8,10-11H,4-7,9H2,1H3. The van der Waals surface area contributed by atoms with Gasteiger partial charge in [0.15, 0.2) is 5.65 Å². The molecule has 0 saturated carbocycles. The van der Waals surface area contributed by atoms with Gasteiger partial charge in [-0.25, -0.2) is 4.98 Å². The zero-order chi connectivity index (χ0) is 14.9. The molecule has 8 heteroatoms. The topological polar surface area (TPSA) is 67.4 Å². The molecule has 1 aliphatic heterocycles. The Labute approximate surface area is 128 Å². The van der Waals surface area contributed by atoms with Crippen molar-refractivity contribution >= 4 is 11.5 Å². The second-order valence-electron chi connectivity index (χ2n) is 5.58. The lowest BCUT2D eigenvalue weighted by molar-refractivity contribution is 0.244. The minimum absolute atomic E-state index is 0.776. The van der Waals surface area contributed by atoms with Crippen LogP contribution in [-0.2, 0) is 13.6 Å². The van der Waals surface area contributed by atoms with Crippen LogP contribution in [-0.4, -0.2) is 60.4 Å². The first kappa shape index (κ1) is 13.2. The van der Waals surface area contributed by atoms with E-state index in [4.69, 9.17) is 0 Å². The van der Waals surface area contributed by atoms with Crippen LogP contribution >= 0.6 is 0 Å². The molecule has 0 radical (unpaired) electrons. The Morgan fingerprint density at radius 2 is 1.95 bits per heavy atom. The van der Waals surface area contributed by atoms with Gasteiger partial charge < -0.3 is 9.47 Å². The van der Waals surface area contributed by atoms with Crippen LogP contribution in [0.25, 0.3) is 5.65 Å². The molecule has 3 aromatic rings. The normalized spacial score (nSPS) is 16.5. The Balaban J connectivity index is 1.41. The van der Waals surface area contributed by atoms with E-state index in [0.717, 1.165) is 44.2 Å². The van der Waals surface area contributed by atoms with Gasteiger partial charge in [0.25, 0.3) is 0 Å². The Hall–Kier alpha value is -2.48. The third-order valence-electron chi connectivity index (χ3n) is 4.15. The smallest absolute Gasteiger partial charge is 0.177 e. The first-order valence-corrected chi connectivity index (χ1v) is 7.39. The summed E-state index contributed by atoms with van der Waals surface area (Å²) in [6, 6.07) is 3.97. The highest BCUT2D eigenvalue weighted by atomic mass is 15.4.